The molecule has 0 fully saturated rings. The van der Waals surface area contributed by atoms with Gasteiger partial charge < -0.3 is 14.8 Å². The maximum Gasteiger partial charge on any atom is 0.231 e. The van der Waals surface area contributed by atoms with Crippen LogP contribution in [0.15, 0.2) is 41.0 Å². The van der Waals surface area contributed by atoms with Gasteiger partial charge in [0, 0.05) is 10.7 Å². The van der Waals surface area contributed by atoms with E-state index < -0.39 is 0 Å². The van der Waals surface area contributed by atoms with Crippen LogP contribution in [0.1, 0.15) is 18.5 Å². The second-order valence-electron chi connectivity index (χ2n) is 4.34. The predicted molar refractivity (Wildman–Crippen MR) is 76.5 cm³/mol. The van der Waals surface area contributed by atoms with Gasteiger partial charge in [-0.25, -0.2) is 4.98 Å². The third kappa shape index (κ3) is 2.66. The third-order valence-electron chi connectivity index (χ3n) is 2.99. The number of hydrogen-bond donors (Lipinski definition) is 1. The van der Waals surface area contributed by atoms with Crippen LogP contribution in [0.25, 0.3) is 0 Å². The Morgan fingerprint density at radius 3 is 2.84 bits per heavy atom. The molecular formula is C14H13BrN2O2. The molecule has 0 saturated carbocycles. The summed E-state index contributed by atoms with van der Waals surface area (Å²) in [5, 5.41) is 3.35. The largest absolute Gasteiger partial charge is 0.454 e. The summed E-state index contributed by atoms with van der Waals surface area (Å²) < 4.78 is 11.7. The molecule has 1 unspecified atom stereocenters. The first-order valence-corrected chi connectivity index (χ1v) is 6.79. The van der Waals surface area contributed by atoms with Gasteiger partial charge >= 0.3 is 0 Å². The molecule has 1 aliphatic heterocycles. The van der Waals surface area contributed by atoms with Gasteiger partial charge in [0.25, 0.3) is 0 Å². The van der Waals surface area contributed by atoms with E-state index in [0.717, 1.165) is 27.4 Å². The van der Waals surface area contributed by atoms with Crippen molar-refractivity contribution in [2.24, 2.45) is 0 Å². The van der Waals surface area contributed by atoms with Gasteiger partial charge in [0.05, 0.1) is 6.04 Å². The Balaban J connectivity index is 1.76. The van der Waals surface area contributed by atoms with Crippen molar-refractivity contribution in [2.45, 2.75) is 13.0 Å². The van der Waals surface area contributed by atoms with Gasteiger partial charge in [0.15, 0.2) is 11.5 Å². The zero-order valence-electron chi connectivity index (χ0n) is 10.4. The fraction of sp³-hybridized carbons (Fsp3) is 0.214. The number of nitrogens with zero attached hydrogens (tertiary/aromatic N) is 1. The van der Waals surface area contributed by atoms with E-state index >= 15 is 0 Å². The predicted octanol–water partition coefficient (Wildman–Crippen LogP) is 3.75. The highest BCUT2D eigenvalue weighted by atomic mass is 79.9. The normalized spacial score (nSPS) is 14.2. The van der Waals surface area contributed by atoms with Gasteiger partial charge in [0.2, 0.25) is 6.79 Å². The van der Waals surface area contributed by atoms with Gasteiger partial charge in [-0.05, 0) is 52.7 Å². The first kappa shape index (κ1) is 12.3. The van der Waals surface area contributed by atoms with E-state index in [2.05, 4.69) is 33.2 Å². The zero-order valence-corrected chi connectivity index (χ0v) is 12.0. The molecule has 1 N–H and O–H groups in total. The monoisotopic (exact) mass is 320 g/mol. The minimum atomic E-state index is 0.142. The topological polar surface area (TPSA) is 43.4 Å². The van der Waals surface area contributed by atoms with Crippen LogP contribution < -0.4 is 14.8 Å². The van der Waals surface area contributed by atoms with Crippen molar-refractivity contribution in [2.75, 3.05) is 12.1 Å². The Morgan fingerprint density at radius 1 is 1.21 bits per heavy atom. The molecule has 19 heavy (non-hydrogen) atoms. The molecule has 2 heterocycles. The number of benzene rings is 1. The van der Waals surface area contributed by atoms with Crippen molar-refractivity contribution in [1.29, 1.82) is 0 Å². The highest BCUT2D eigenvalue weighted by molar-refractivity contribution is 9.10. The molecule has 0 spiro atoms. The molecule has 1 aromatic heterocycles. The lowest BCUT2D eigenvalue weighted by Crippen LogP contribution is -2.07. The lowest BCUT2D eigenvalue weighted by atomic mass is 10.1. The van der Waals surface area contributed by atoms with Crippen LogP contribution >= 0.6 is 15.9 Å². The van der Waals surface area contributed by atoms with Crippen molar-refractivity contribution in [3.63, 3.8) is 0 Å². The number of pyridine rings is 1. The van der Waals surface area contributed by atoms with Crippen LogP contribution in [0, 0.1) is 0 Å². The summed E-state index contributed by atoms with van der Waals surface area (Å²) in [6.07, 6.45) is 1.77. The van der Waals surface area contributed by atoms with E-state index in [1.54, 1.807) is 6.20 Å². The summed E-state index contributed by atoms with van der Waals surface area (Å²) in [7, 11) is 0. The van der Waals surface area contributed by atoms with E-state index in [0.29, 0.717) is 6.79 Å². The van der Waals surface area contributed by atoms with Crippen molar-refractivity contribution in [1.82, 2.24) is 4.98 Å². The number of nitrogens with one attached hydrogen (secondary N) is 1. The Morgan fingerprint density at radius 2 is 2.05 bits per heavy atom. The molecule has 1 aliphatic rings. The molecule has 0 saturated heterocycles. The van der Waals surface area contributed by atoms with E-state index in [-0.39, 0.29) is 6.04 Å². The second kappa shape index (κ2) is 5.09. The zero-order chi connectivity index (χ0) is 13.2. The summed E-state index contributed by atoms with van der Waals surface area (Å²) in [5.41, 5.74) is 1.13. The molecule has 4 nitrogen and oxygen atoms in total. The third-order valence-corrected chi connectivity index (χ3v) is 3.46. The molecule has 1 atom stereocenters. The maximum absolute atomic E-state index is 5.38. The van der Waals surface area contributed by atoms with Crippen LogP contribution in [-0.2, 0) is 0 Å². The van der Waals surface area contributed by atoms with Crippen molar-refractivity contribution >= 4 is 21.7 Å². The molecule has 0 aliphatic carbocycles. The second-order valence-corrected chi connectivity index (χ2v) is 5.26. The average molecular weight is 321 g/mol. The quantitative estimate of drug-likeness (QED) is 0.935. The maximum atomic E-state index is 5.38. The van der Waals surface area contributed by atoms with Gasteiger partial charge in [-0.2, -0.15) is 0 Å². The van der Waals surface area contributed by atoms with Gasteiger partial charge in [-0.15, -0.1) is 0 Å². The molecule has 0 radical (unpaired) electrons. The fourth-order valence-corrected chi connectivity index (χ4v) is 2.18. The Bertz CT molecular complexity index is 586. The lowest BCUT2D eigenvalue weighted by molar-refractivity contribution is 0.174. The summed E-state index contributed by atoms with van der Waals surface area (Å²) in [6.45, 7) is 2.39. The number of halogens is 1. The molecule has 5 heteroatoms. The number of ether oxygens (including phenoxy) is 2. The van der Waals surface area contributed by atoms with Gasteiger partial charge in [0.1, 0.15) is 5.82 Å². The van der Waals surface area contributed by atoms with E-state index in [1.807, 2.05) is 30.3 Å². The molecule has 0 amide bonds. The number of rotatable bonds is 3. The molecule has 3 rings (SSSR count). The first-order chi connectivity index (χ1) is 9.22. The summed E-state index contributed by atoms with van der Waals surface area (Å²) >= 11 is 3.37. The molecular weight excluding hydrogens is 308 g/mol. The minimum absolute atomic E-state index is 0.142. The van der Waals surface area contributed by atoms with Gasteiger partial charge in [-0.1, -0.05) is 6.07 Å². The van der Waals surface area contributed by atoms with Crippen LogP contribution in [0.2, 0.25) is 0 Å². The number of aromatic nitrogens is 1. The number of fused-ring (bicyclic) bond motifs is 1. The smallest absolute Gasteiger partial charge is 0.231 e. The highest BCUT2D eigenvalue weighted by Gasteiger charge is 2.15. The van der Waals surface area contributed by atoms with E-state index in [1.165, 1.54) is 0 Å². The van der Waals surface area contributed by atoms with Crippen LogP contribution in [0.4, 0.5) is 5.82 Å². The lowest BCUT2D eigenvalue weighted by Gasteiger charge is -2.15. The SMILES string of the molecule is CC(Nc1ccc(Br)cn1)c1ccc2c(c1)OCO2. The Labute approximate surface area is 119 Å². The average Bonchev–Trinajstić information content (AvgIpc) is 2.88. The minimum Gasteiger partial charge on any atom is -0.454 e. The Kier molecular flexibility index (Phi) is 3.29. The summed E-state index contributed by atoms with van der Waals surface area (Å²) in [4.78, 5) is 4.30. The molecule has 1 aromatic carbocycles. The van der Waals surface area contributed by atoms with Gasteiger partial charge in [-0.3, -0.25) is 0 Å². The standard InChI is InChI=1S/C14H13BrN2O2/c1-9(17-14-5-3-11(15)7-16-14)10-2-4-12-13(6-10)19-8-18-12/h2-7,9H,8H2,1H3,(H,16,17). The summed E-state index contributed by atoms with van der Waals surface area (Å²) in [5.74, 6) is 2.45. The molecule has 2 aromatic rings. The highest BCUT2D eigenvalue weighted by Crippen LogP contribution is 2.34. The molecule has 0 bridgehead atoms. The van der Waals surface area contributed by atoms with Crippen molar-refractivity contribution in [3.05, 3.63) is 46.6 Å². The Hall–Kier alpha value is -1.75. The fourth-order valence-electron chi connectivity index (χ4n) is 1.95. The number of anilines is 1. The molecule has 98 valence electrons. The first-order valence-electron chi connectivity index (χ1n) is 6.00. The van der Waals surface area contributed by atoms with Crippen molar-refractivity contribution in [3.8, 4) is 11.5 Å². The van der Waals surface area contributed by atoms with E-state index in [9.17, 15) is 0 Å². The summed E-state index contributed by atoms with van der Waals surface area (Å²) in [6, 6.07) is 10.0. The van der Waals surface area contributed by atoms with Crippen LogP contribution in [-0.4, -0.2) is 11.8 Å². The number of hydrogen-bond acceptors (Lipinski definition) is 4. The van der Waals surface area contributed by atoms with Crippen LogP contribution in [0.5, 0.6) is 11.5 Å². The van der Waals surface area contributed by atoms with Crippen LogP contribution in [0.3, 0.4) is 0 Å². The van der Waals surface area contributed by atoms with Crippen molar-refractivity contribution < 1.29 is 9.47 Å². The van der Waals surface area contributed by atoms with E-state index in [4.69, 9.17) is 9.47 Å².